The molecule has 0 bridgehead atoms. The van der Waals surface area contributed by atoms with Gasteiger partial charge < -0.3 is 56.0 Å². The van der Waals surface area contributed by atoms with Crippen molar-refractivity contribution in [3.05, 3.63) is 36.5 Å². The Balaban J connectivity index is 1.23. The lowest BCUT2D eigenvalue weighted by Crippen LogP contribution is -2.64. The van der Waals surface area contributed by atoms with E-state index in [0.717, 1.165) is 18.4 Å². The predicted octanol–water partition coefficient (Wildman–Crippen LogP) is 1.31. The lowest BCUT2D eigenvalue weighted by atomic mass is 9.83. The minimum absolute atomic E-state index is 0.0317. The van der Waals surface area contributed by atoms with Crippen molar-refractivity contribution in [2.24, 2.45) is 27.8 Å². The molecule has 0 aromatic heterocycles. The van der Waals surface area contributed by atoms with Crippen LogP contribution in [0.25, 0.3) is 0 Å². The van der Waals surface area contributed by atoms with Crippen LogP contribution in [-0.4, -0.2) is 109 Å². The zero-order valence-electron chi connectivity index (χ0n) is 30.3. The van der Waals surface area contributed by atoms with Crippen LogP contribution in [0.4, 0.5) is 0 Å². The zero-order chi connectivity index (χ0) is 38.1. The number of fused-ring (bicyclic) bond motifs is 1. The first kappa shape index (κ1) is 41.1. The number of aliphatic hydroxyl groups excluding tert-OH is 1. The molecule has 16 nitrogen and oxygen atoms in total. The van der Waals surface area contributed by atoms with Gasteiger partial charge in [0.2, 0.25) is 11.7 Å². The number of carbonyl (C=O) groups is 4. The van der Waals surface area contributed by atoms with Gasteiger partial charge in [0.15, 0.2) is 18.3 Å². The van der Waals surface area contributed by atoms with Crippen molar-refractivity contribution in [2.45, 2.75) is 127 Å². The van der Waals surface area contributed by atoms with Crippen molar-refractivity contribution in [3.8, 4) is 0 Å². The highest BCUT2D eigenvalue weighted by Gasteiger charge is 2.59. The van der Waals surface area contributed by atoms with E-state index in [1.54, 1.807) is 6.08 Å². The molecular weight excluding hydrogens is 678 g/mol. The number of allylic oxidation sites excluding steroid dienone is 3. The molecule has 3 heterocycles. The topological polar surface area (TPSA) is 243 Å². The smallest absolute Gasteiger partial charge is 0.326 e. The highest BCUT2D eigenvalue weighted by Crippen LogP contribution is 2.58. The summed E-state index contributed by atoms with van der Waals surface area (Å²) >= 11 is 0. The molecule has 1 aliphatic carbocycles. The number of carboxylic acids is 1. The van der Waals surface area contributed by atoms with Gasteiger partial charge in [0.1, 0.15) is 24.7 Å². The first-order chi connectivity index (χ1) is 24.7. The number of nitrogens with zero attached hydrogens (tertiary/aromatic N) is 1. The first-order valence-corrected chi connectivity index (χ1v) is 17.9. The number of rotatable bonds is 18. The highest BCUT2D eigenvalue weighted by atomic mass is 16.7. The van der Waals surface area contributed by atoms with Crippen LogP contribution in [0.5, 0.6) is 0 Å². The summed E-state index contributed by atoms with van der Waals surface area (Å²) < 4.78 is 29.7. The third kappa shape index (κ3) is 10.7. The van der Waals surface area contributed by atoms with E-state index in [-0.39, 0.29) is 74.0 Å². The fourth-order valence-corrected chi connectivity index (χ4v) is 6.96. The molecule has 4 fully saturated rings. The summed E-state index contributed by atoms with van der Waals surface area (Å²) in [6, 6.07) is -1.06. The standard InChI is InChI=1S/C36H55N5O11/c1-21-18-36(48-4,52-23(3)22(21)2)30(44)31(45)41-32-29-26(49-20-50-32)19-35(14-15-35)27(51-29)17-24(42)11-8-6-5-7-9-13-28(43)40-25(33(46)47)12-10-16-39-34(37)38/h5,7,9,13,22-23,25-27,29-30,32,44H,1,6,8,10-12,14-20H2,2-4H3,(H,40,43)(H,41,45)(H,46,47)(H4,37,38,39)/b7-5+,13-9+/t22-,23-,25?,26-,27?,29+,30?,32?,36-/m1/s1. The number of hydrogen-bond donors (Lipinski definition) is 6. The van der Waals surface area contributed by atoms with Gasteiger partial charge >= 0.3 is 5.97 Å². The van der Waals surface area contributed by atoms with Crippen molar-refractivity contribution < 1.29 is 53.1 Å². The van der Waals surface area contributed by atoms with Crippen molar-refractivity contribution in [1.82, 2.24) is 10.6 Å². The van der Waals surface area contributed by atoms with Crippen LogP contribution in [0.1, 0.15) is 78.1 Å². The maximum Gasteiger partial charge on any atom is 0.326 e. The number of nitrogens with one attached hydrogen (secondary N) is 2. The number of ether oxygens (including phenoxy) is 5. The minimum Gasteiger partial charge on any atom is -0.480 e. The van der Waals surface area contributed by atoms with E-state index in [1.165, 1.54) is 19.3 Å². The zero-order valence-corrected chi connectivity index (χ0v) is 30.3. The van der Waals surface area contributed by atoms with Gasteiger partial charge in [-0.2, -0.15) is 0 Å². The van der Waals surface area contributed by atoms with Gasteiger partial charge in [-0.15, -0.1) is 0 Å². The van der Waals surface area contributed by atoms with E-state index in [0.29, 0.717) is 32.1 Å². The number of Topliss-reactive ketones (excluding diaryl/α,β-unsaturated/α-hetero) is 1. The van der Waals surface area contributed by atoms with Crippen LogP contribution in [-0.2, 0) is 42.9 Å². The summed E-state index contributed by atoms with van der Waals surface area (Å²) in [4.78, 5) is 53.9. The molecule has 9 atom stereocenters. The second kappa shape index (κ2) is 18.4. The molecule has 8 N–H and O–H groups in total. The SMILES string of the molecule is C=C1C[C@](OC)(C(O)C(=O)NC2OCO[C@@H]3CC4(CC4)C(CC(=O)CCC/C=C/C=C/C(=O)NC(CCCN=C(N)N)C(=O)O)O[C@H]23)O[C@H](C)[C@@H]1C. The first-order valence-electron chi connectivity index (χ1n) is 17.9. The molecule has 3 aliphatic heterocycles. The average molecular weight is 734 g/mol. The van der Waals surface area contributed by atoms with Crippen LogP contribution < -0.4 is 22.1 Å². The van der Waals surface area contributed by atoms with E-state index in [2.05, 4.69) is 22.2 Å². The lowest BCUT2D eigenvalue weighted by Gasteiger charge is -2.48. The fraction of sp³-hybridized carbons (Fsp3) is 0.694. The van der Waals surface area contributed by atoms with Gasteiger partial charge in [-0.05, 0) is 57.3 Å². The number of carbonyl (C=O) groups excluding carboxylic acids is 3. The molecule has 2 amide bonds. The predicted molar refractivity (Wildman–Crippen MR) is 188 cm³/mol. The molecule has 290 valence electrons. The number of guanidine groups is 1. The van der Waals surface area contributed by atoms with Crippen molar-refractivity contribution in [1.29, 1.82) is 0 Å². The van der Waals surface area contributed by atoms with Gasteiger partial charge in [0.05, 0.1) is 18.3 Å². The number of ketones is 1. The summed E-state index contributed by atoms with van der Waals surface area (Å²) in [5.74, 6) is -4.03. The van der Waals surface area contributed by atoms with Gasteiger partial charge in [0.25, 0.3) is 5.91 Å². The number of carboxylic acid groups (broad SMARTS) is 1. The van der Waals surface area contributed by atoms with Crippen molar-refractivity contribution in [2.75, 3.05) is 20.4 Å². The normalized spacial score (nSPS) is 30.7. The molecular formula is C36H55N5O11. The summed E-state index contributed by atoms with van der Waals surface area (Å²) in [6.45, 7) is 8.10. The Labute approximate surface area is 304 Å². The van der Waals surface area contributed by atoms with Crippen LogP contribution >= 0.6 is 0 Å². The van der Waals surface area contributed by atoms with Gasteiger partial charge in [-0.3, -0.25) is 19.4 Å². The van der Waals surface area contributed by atoms with Crippen LogP contribution in [0.15, 0.2) is 41.4 Å². The third-order valence-corrected chi connectivity index (χ3v) is 10.5. The van der Waals surface area contributed by atoms with Crippen LogP contribution in [0.2, 0.25) is 0 Å². The Morgan fingerprint density at radius 2 is 1.90 bits per heavy atom. The number of amides is 2. The molecule has 52 heavy (non-hydrogen) atoms. The van der Waals surface area contributed by atoms with Gasteiger partial charge in [-0.1, -0.05) is 37.3 Å². The minimum atomic E-state index is -1.67. The van der Waals surface area contributed by atoms with E-state index < -0.39 is 48.0 Å². The summed E-state index contributed by atoms with van der Waals surface area (Å²) in [6.07, 6.45) is 6.87. The Kier molecular flexibility index (Phi) is 14.5. The second-order valence-corrected chi connectivity index (χ2v) is 14.2. The molecule has 4 rings (SSSR count). The molecule has 0 aromatic carbocycles. The van der Waals surface area contributed by atoms with Gasteiger partial charge in [-0.25, -0.2) is 4.79 Å². The summed E-state index contributed by atoms with van der Waals surface area (Å²) in [5.41, 5.74) is 11.2. The lowest BCUT2D eigenvalue weighted by molar-refractivity contribution is -0.303. The number of nitrogens with two attached hydrogens (primary N) is 2. The number of aliphatic carboxylic acids is 1. The quantitative estimate of drug-likeness (QED) is 0.0291. The number of aliphatic hydroxyl groups is 1. The third-order valence-electron chi connectivity index (χ3n) is 10.5. The Bertz CT molecular complexity index is 1390. The molecule has 16 heteroatoms. The molecule has 1 spiro atoms. The number of unbranched alkanes of at least 4 members (excludes halogenated alkanes) is 1. The maximum absolute atomic E-state index is 13.4. The van der Waals surface area contributed by atoms with E-state index in [1.807, 2.05) is 19.9 Å². The Morgan fingerprint density at radius 3 is 2.56 bits per heavy atom. The maximum atomic E-state index is 13.4. The monoisotopic (exact) mass is 733 g/mol. The number of hydrogen-bond acceptors (Lipinski definition) is 11. The molecule has 1 saturated carbocycles. The van der Waals surface area contributed by atoms with Crippen LogP contribution in [0.3, 0.4) is 0 Å². The van der Waals surface area contributed by atoms with E-state index in [4.69, 9.17) is 35.2 Å². The second-order valence-electron chi connectivity index (χ2n) is 14.2. The summed E-state index contributed by atoms with van der Waals surface area (Å²) in [7, 11) is 1.38. The Morgan fingerprint density at radius 1 is 1.15 bits per heavy atom. The van der Waals surface area contributed by atoms with Crippen molar-refractivity contribution in [3.63, 3.8) is 0 Å². The largest absolute Gasteiger partial charge is 0.480 e. The van der Waals surface area contributed by atoms with Crippen molar-refractivity contribution >= 4 is 29.5 Å². The molecule has 4 unspecified atom stereocenters. The molecule has 4 aliphatic rings. The van der Waals surface area contributed by atoms with E-state index >= 15 is 0 Å². The van der Waals surface area contributed by atoms with Crippen LogP contribution in [0, 0.1) is 11.3 Å². The summed E-state index contributed by atoms with van der Waals surface area (Å²) in [5, 5.41) is 25.7. The molecule has 3 saturated heterocycles. The average Bonchev–Trinajstić information content (AvgIpc) is 3.87. The fourth-order valence-electron chi connectivity index (χ4n) is 6.96. The Hall–Kier alpha value is -3.67. The number of methoxy groups -OCH3 is 1. The van der Waals surface area contributed by atoms with Gasteiger partial charge in [0, 0.05) is 44.9 Å². The number of aliphatic imine (C=N–C) groups is 1. The molecule has 0 radical (unpaired) electrons. The molecule has 0 aromatic rings. The highest BCUT2D eigenvalue weighted by molar-refractivity contribution is 5.91. The van der Waals surface area contributed by atoms with E-state index in [9.17, 15) is 29.4 Å².